The van der Waals surface area contributed by atoms with E-state index < -0.39 is 22.7 Å². The van der Waals surface area contributed by atoms with Crippen molar-refractivity contribution < 1.29 is 30.1 Å². The van der Waals surface area contributed by atoms with Gasteiger partial charge in [-0.15, -0.1) is 5.16 Å². The third-order valence-corrected chi connectivity index (χ3v) is 9.93. The molecule has 0 saturated heterocycles. The number of aliphatic hydroxyl groups is 3. The van der Waals surface area contributed by atoms with Gasteiger partial charge in [-0.3, -0.25) is 0 Å². The Hall–Kier alpha value is -1.44. The number of nitrogens with zero attached hydrogens (tertiary/aromatic N) is 1. The minimum Gasteiger partial charge on any atom is -0.458 e. The van der Waals surface area contributed by atoms with Crippen molar-refractivity contribution in [1.29, 1.82) is 0 Å². The second-order valence-electron chi connectivity index (χ2n) is 10.8. The summed E-state index contributed by atoms with van der Waals surface area (Å²) in [7, 11) is 0. The van der Waals surface area contributed by atoms with Gasteiger partial charge in [0.25, 0.3) is 0 Å². The summed E-state index contributed by atoms with van der Waals surface area (Å²) in [5.41, 5.74) is -2.11. The fourth-order valence-corrected chi connectivity index (χ4v) is 8.46. The number of hydrogen-bond donors (Lipinski definition) is 4. The minimum absolute atomic E-state index is 0.00749. The highest BCUT2D eigenvalue weighted by molar-refractivity contribution is 5.85. The lowest BCUT2D eigenvalue weighted by atomic mass is 9.41. The number of carbonyl (C=O) groups excluding carboxylic acids is 1. The highest BCUT2D eigenvalue weighted by Gasteiger charge is 2.71. The van der Waals surface area contributed by atoms with Gasteiger partial charge in [-0.05, 0) is 74.7 Å². The molecule has 4 N–H and O–H groups in total. The summed E-state index contributed by atoms with van der Waals surface area (Å²) in [6.07, 6.45) is 8.20. The summed E-state index contributed by atoms with van der Waals surface area (Å²) in [6.45, 7) is 2.48. The van der Waals surface area contributed by atoms with Crippen LogP contribution < -0.4 is 0 Å². The van der Waals surface area contributed by atoms with E-state index in [-0.39, 0.29) is 35.6 Å². The number of cyclic esters (lactones) is 1. The van der Waals surface area contributed by atoms with Gasteiger partial charge in [-0.2, -0.15) is 0 Å². The summed E-state index contributed by atoms with van der Waals surface area (Å²) < 4.78 is 5.17. The van der Waals surface area contributed by atoms with Crippen LogP contribution >= 0.6 is 0 Å². The molecule has 8 atom stereocenters. The zero-order valence-electron chi connectivity index (χ0n) is 17.6. The van der Waals surface area contributed by atoms with E-state index >= 15 is 0 Å². The summed E-state index contributed by atoms with van der Waals surface area (Å²) >= 11 is 0. The smallest absolute Gasteiger partial charge is 0.331 e. The standard InChI is InChI=1S/C23H33NO6/c1-20-6-3-17-18(23(20,28)9-5-16(20)14-10-19(26)30-12-14)4-8-22(27)11-15(25)2-7-21(17,22)13-24-29/h10,13,15-18,25,27-29H,2-9,11-12H2,1H3/b24-13-/t15?,16?,17-,18+,20?,21?,22?,23?/m0/s1. The highest BCUT2D eigenvalue weighted by Crippen LogP contribution is 2.70. The van der Waals surface area contributed by atoms with Crippen molar-refractivity contribution in [3.8, 4) is 0 Å². The molecule has 7 nitrogen and oxygen atoms in total. The van der Waals surface area contributed by atoms with Crippen LogP contribution in [0, 0.1) is 28.6 Å². The Balaban J connectivity index is 1.53. The third-order valence-electron chi connectivity index (χ3n) is 9.93. The van der Waals surface area contributed by atoms with Gasteiger partial charge in [0.1, 0.15) is 6.61 Å². The number of carbonyl (C=O) groups is 1. The van der Waals surface area contributed by atoms with Crippen LogP contribution in [0.3, 0.4) is 0 Å². The van der Waals surface area contributed by atoms with Crippen LogP contribution in [0.1, 0.15) is 64.7 Å². The van der Waals surface area contributed by atoms with Crippen molar-refractivity contribution in [3.63, 3.8) is 0 Å². The van der Waals surface area contributed by atoms with Crippen LogP contribution in [0.15, 0.2) is 16.8 Å². The second kappa shape index (κ2) is 6.53. The fourth-order valence-electron chi connectivity index (χ4n) is 8.46. The molecule has 1 heterocycles. The number of esters is 1. The number of ether oxygens (including phenoxy) is 1. The van der Waals surface area contributed by atoms with Crippen molar-refractivity contribution in [2.75, 3.05) is 6.61 Å². The Kier molecular flexibility index (Phi) is 4.45. The molecule has 4 fully saturated rings. The van der Waals surface area contributed by atoms with E-state index in [2.05, 4.69) is 12.1 Å². The number of hydrogen-bond acceptors (Lipinski definition) is 7. The zero-order valence-corrected chi connectivity index (χ0v) is 17.6. The van der Waals surface area contributed by atoms with E-state index in [1.54, 1.807) is 6.08 Å². The number of oxime groups is 1. The predicted molar refractivity (Wildman–Crippen MR) is 108 cm³/mol. The molecule has 0 aromatic heterocycles. The SMILES string of the molecule is CC12CC[C@H]3[C@@H](CCC4(O)CC(O)CCC34/C=N\O)C1(O)CCC2C1=CC(=O)OC1. The Morgan fingerprint density at radius 1 is 1.10 bits per heavy atom. The first-order valence-electron chi connectivity index (χ1n) is 11.4. The first kappa shape index (κ1) is 20.5. The average molecular weight is 420 g/mol. The van der Waals surface area contributed by atoms with Gasteiger partial charge >= 0.3 is 5.97 Å². The third kappa shape index (κ3) is 2.43. The lowest BCUT2D eigenvalue weighted by molar-refractivity contribution is -0.237. The summed E-state index contributed by atoms with van der Waals surface area (Å²) in [4.78, 5) is 11.7. The number of aliphatic hydroxyl groups excluding tert-OH is 1. The van der Waals surface area contributed by atoms with Gasteiger partial charge in [-0.1, -0.05) is 6.92 Å². The molecule has 1 aliphatic heterocycles. The van der Waals surface area contributed by atoms with Gasteiger partial charge in [0, 0.05) is 23.3 Å². The van der Waals surface area contributed by atoms with Gasteiger partial charge in [-0.25, -0.2) is 4.79 Å². The molecule has 0 radical (unpaired) electrons. The van der Waals surface area contributed by atoms with Gasteiger partial charge < -0.3 is 25.3 Å². The lowest BCUT2D eigenvalue weighted by Crippen LogP contribution is -2.68. The van der Waals surface area contributed by atoms with E-state index in [1.807, 2.05) is 0 Å². The van der Waals surface area contributed by atoms with Crippen LogP contribution in [0.2, 0.25) is 0 Å². The molecule has 166 valence electrons. The quantitative estimate of drug-likeness (QED) is 0.236. The highest BCUT2D eigenvalue weighted by atomic mass is 16.5. The predicted octanol–water partition coefficient (Wildman–Crippen LogP) is 2.16. The van der Waals surface area contributed by atoms with Crippen molar-refractivity contribution in [2.24, 2.45) is 33.7 Å². The topological polar surface area (TPSA) is 120 Å². The Labute approximate surface area is 176 Å². The molecule has 0 spiro atoms. The van der Waals surface area contributed by atoms with Crippen molar-refractivity contribution in [1.82, 2.24) is 0 Å². The van der Waals surface area contributed by atoms with Gasteiger partial charge in [0.15, 0.2) is 0 Å². The molecular formula is C23H33NO6. The maximum Gasteiger partial charge on any atom is 0.331 e. The van der Waals surface area contributed by atoms with E-state index in [9.17, 15) is 25.3 Å². The summed E-state index contributed by atoms with van der Waals surface area (Å²) in [5, 5.41) is 47.0. The fraction of sp³-hybridized carbons (Fsp3) is 0.826. The Morgan fingerprint density at radius 3 is 2.57 bits per heavy atom. The van der Waals surface area contributed by atoms with Crippen LogP contribution in [0.25, 0.3) is 0 Å². The van der Waals surface area contributed by atoms with Crippen molar-refractivity contribution in [3.05, 3.63) is 11.6 Å². The minimum atomic E-state index is -1.12. The van der Waals surface area contributed by atoms with Crippen LogP contribution in [0.4, 0.5) is 0 Å². The Bertz CT molecular complexity index is 812. The molecule has 4 saturated carbocycles. The molecule has 0 bridgehead atoms. The number of rotatable bonds is 2. The molecule has 6 unspecified atom stereocenters. The van der Waals surface area contributed by atoms with Crippen LogP contribution in [0.5, 0.6) is 0 Å². The molecule has 7 heteroatoms. The van der Waals surface area contributed by atoms with Crippen LogP contribution in [-0.2, 0) is 9.53 Å². The molecule has 0 amide bonds. The summed E-state index contributed by atoms with van der Waals surface area (Å²) in [5.74, 6) is -0.203. The van der Waals surface area contributed by atoms with Crippen molar-refractivity contribution in [2.45, 2.75) is 82.0 Å². The monoisotopic (exact) mass is 419 g/mol. The van der Waals surface area contributed by atoms with Crippen molar-refractivity contribution >= 4 is 12.2 Å². The molecule has 5 aliphatic rings. The lowest BCUT2D eigenvalue weighted by Gasteiger charge is -2.65. The largest absolute Gasteiger partial charge is 0.458 e. The average Bonchev–Trinajstić information content (AvgIpc) is 3.23. The normalized spacial score (nSPS) is 53.1. The molecule has 5 rings (SSSR count). The summed E-state index contributed by atoms with van der Waals surface area (Å²) in [6, 6.07) is 0. The second-order valence-corrected chi connectivity index (χ2v) is 10.8. The van der Waals surface area contributed by atoms with Crippen LogP contribution in [-0.4, -0.2) is 56.6 Å². The Morgan fingerprint density at radius 2 is 1.87 bits per heavy atom. The van der Waals surface area contributed by atoms with Gasteiger partial charge in [0.05, 0.1) is 23.5 Å². The van der Waals surface area contributed by atoms with E-state index in [0.29, 0.717) is 38.7 Å². The molecule has 0 aromatic carbocycles. The first-order valence-corrected chi connectivity index (χ1v) is 11.4. The van der Waals surface area contributed by atoms with Gasteiger partial charge in [0.2, 0.25) is 0 Å². The maximum atomic E-state index is 12.2. The van der Waals surface area contributed by atoms with E-state index in [0.717, 1.165) is 24.8 Å². The zero-order chi connectivity index (χ0) is 21.4. The molecular weight excluding hydrogens is 386 g/mol. The van der Waals surface area contributed by atoms with E-state index in [4.69, 9.17) is 4.74 Å². The molecule has 4 aliphatic carbocycles. The first-order chi connectivity index (χ1) is 14.2. The van der Waals surface area contributed by atoms with E-state index in [1.165, 1.54) is 6.21 Å². The number of fused-ring (bicyclic) bond motifs is 5. The molecule has 0 aromatic rings. The maximum absolute atomic E-state index is 12.2. The molecule has 30 heavy (non-hydrogen) atoms.